The van der Waals surface area contributed by atoms with Crippen LogP contribution in [-0.2, 0) is 65.6 Å². The van der Waals surface area contributed by atoms with Crippen LogP contribution in [0.15, 0.2) is 165 Å². The lowest BCUT2D eigenvalue weighted by molar-refractivity contribution is 0.0564. The van der Waals surface area contributed by atoms with Gasteiger partial charge in [0.25, 0.3) is 0 Å². The van der Waals surface area contributed by atoms with E-state index >= 15 is 13.2 Å². The Kier molecular flexibility index (Phi) is 36.9. The van der Waals surface area contributed by atoms with Crippen LogP contribution >= 0.6 is 22.6 Å². The summed E-state index contributed by atoms with van der Waals surface area (Å²) in [4.78, 5) is 68.7. The number of aliphatic hydroxyl groups excluding tert-OH is 1. The van der Waals surface area contributed by atoms with Crippen molar-refractivity contribution in [1.29, 1.82) is 0 Å². The number of carbonyl (C=O) groups is 3. The van der Waals surface area contributed by atoms with Gasteiger partial charge in [0.15, 0.2) is 40.2 Å². The molecule has 9 aromatic heterocycles. The zero-order chi connectivity index (χ0) is 101. The monoisotopic (exact) mass is 2080 g/mol. The molecule has 0 spiro atoms. The van der Waals surface area contributed by atoms with Gasteiger partial charge in [-0.25, -0.2) is 91.1 Å². The van der Waals surface area contributed by atoms with Crippen molar-refractivity contribution in [3.05, 3.63) is 248 Å². The molecule has 9 heterocycles. The minimum Gasteiger partial charge on any atom is -0.443 e. The van der Waals surface area contributed by atoms with Crippen LogP contribution in [0.4, 0.5) is 70.4 Å². The van der Waals surface area contributed by atoms with Crippen molar-refractivity contribution in [3.63, 3.8) is 0 Å². The molecule has 0 aliphatic carbocycles. The van der Waals surface area contributed by atoms with Crippen molar-refractivity contribution >= 4 is 155 Å². The summed E-state index contributed by atoms with van der Waals surface area (Å²) in [6.07, 6.45) is 15.2. The fraction of sp³-hybridized carbons (Fsp3) is 0.412. The van der Waals surface area contributed by atoms with Crippen LogP contribution in [-0.4, -0.2) is 137 Å². The molecule has 136 heavy (non-hydrogen) atoms. The molecular weight excluding hydrogens is 1960 g/mol. The summed E-state index contributed by atoms with van der Waals surface area (Å²) < 4.78 is 186. The van der Waals surface area contributed by atoms with Gasteiger partial charge in [0, 0.05) is 122 Å². The summed E-state index contributed by atoms with van der Waals surface area (Å²) in [5, 5.41) is 17.9. The third kappa shape index (κ3) is 26.3. The summed E-state index contributed by atoms with van der Waals surface area (Å²) in [6, 6.07) is 27.2. The van der Waals surface area contributed by atoms with Crippen LogP contribution in [0.2, 0.25) is 33.2 Å². The van der Waals surface area contributed by atoms with E-state index in [-0.39, 0.29) is 52.3 Å². The van der Waals surface area contributed by atoms with E-state index in [0.717, 1.165) is 79.4 Å². The normalized spacial score (nSPS) is 12.5. The van der Waals surface area contributed by atoms with Crippen LogP contribution in [0.1, 0.15) is 220 Å². The van der Waals surface area contributed by atoms with Crippen molar-refractivity contribution in [2.75, 3.05) is 46.5 Å². The Morgan fingerprint density at radius 3 is 1.32 bits per heavy atom. The molecule has 734 valence electrons. The number of nitrogens with zero attached hydrogens (tertiary/aromatic N) is 10. The number of hydrogen-bond acceptors (Lipinski definition) is 19. The summed E-state index contributed by atoms with van der Waals surface area (Å²) in [5.41, 5.74) is 5.01. The van der Waals surface area contributed by atoms with Gasteiger partial charge in [-0.2, -0.15) is 0 Å². The molecule has 3 aromatic carbocycles. The fourth-order valence-electron chi connectivity index (χ4n) is 17.7. The highest BCUT2D eigenvalue weighted by Crippen LogP contribution is 2.48. The zero-order valence-corrected chi connectivity index (χ0v) is 87.2. The standard InChI is InChI=1S/C37H51F2N5O5SSi.C23H23F2N5O2S.C21H25F2N3O5S.C16H25IN2Si/c1-11-19-50(47,48)42-31-16-15-30(38)29(33(31)39)21-43(36(46)49-37(8,9)10)32-17-14-26(20-41-32)34(45)28-22-44(35-27(28)13-12-18-40-35)51(23(2)3,24(4)5)25(6)7;1-2-10-33(31,32)30-20-7-6-19(24)18(22(20)25)14-28-21-8-5-15(12-27-21)11-16-13-29-23-17(16)4-3-9-26-23;1-5-10-32(29,30)25-17-8-7-16(22)15(19(17)23)12-26(20(28)31-21(2,3)4)18-9-6-14(13-27)11-24-18;1-11(2)20(12(3)4,13(5)6)19-10-15(17)14-8-7-9-18-16(14)19/h12-18,20,22-25,34,42,45H,11,19,21H2,1-10H3;3-9,12-13,30H,2,10-11,14H2,1H3,(H,26,29)(H,27,28);6-9,11,13,25H,5,10,12H2,1-4H3;7-13H,1-6H3. The number of H-pyrrole nitrogens is 1. The molecule has 6 N–H and O–H groups in total. The maximum absolute atomic E-state index is 15.7. The van der Waals surface area contributed by atoms with Crippen LogP contribution in [0.5, 0.6) is 0 Å². The van der Waals surface area contributed by atoms with Crippen LogP contribution in [0.3, 0.4) is 0 Å². The van der Waals surface area contributed by atoms with E-state index in [1.807, 2.05) is 55.0 Å². The van der Waals surface area contributed by atoms with E-state index in [1.54, 1.807) is 93.0 Å². The number of benzene rings is 3. The average Bonchev–Trinajstić information content (AvgIpc) is 1.61. The van der Waals surface area contributed by atoms with Gasteiger partial charge in [-0.3, -0.25) is 28.8 Å². The number of anilines is 6. The van der Waals surface area contributed by atoms with Gasteiger partial charge in [0.2, 0.25) is 30.1 Å². The van der Waals surface area contributed by atoms with Crippen molar-refractivity contribution in [3.8, 4) is 0 Å². The Balaban J connectivity index is 0.000000214. The number of hydrogen-bond donors (Lipinski definition) is 6. The van der Waals surface area contributed by atoms with Gasteiger partial charge in [-0.15, -0.1) is 0 Å². The van der Waals surface area contributed by atoms with Crippen molar-refractivity contribution < 1.29 is 80.6 Å². The molecule has 0 bridgehead atoms. The smallest absolute Gasteiger partial charge is 0.416 e. The van der Waals surface area contributed by atoms with Gasteiger partial charge in [-0.05, 0) is 225 Å². The molecule has 12 rings (SSSR count). The second kappa shape index (κ2) is 46.1. The number of fused-ring (bicyclic) bond motifs is 3. The number of nitrogens with one attached hydrogen (secondary N) is 5. The minimum atomic E-state index is -3.88. The zero-order valence-electron chi connectivity index (χ0n) is 80.6. The van der Waals surface area contributed by atoms with E-state index in [1.165, 1.54) is 45.2 Å². The molecule has 0 saturated carbocycles. The first kappa shape index (κ1) is 109. The topological polar surface area (TPSA) is 350 Å². The van der Waals surface area contributed by atoms with Gasteiger partial charge in [-0.1, -0.05) is 116 Å². The lowest BCUT2D eigenvalue weighted by atomic mass is 10.0. The SMILES string of the molecule is CC(C)[Si](C(C)C)(C(C)C)n1cc(I)c2cccnc21.CCCS(=O)(=O)Nc1ccc(F)c(CN(C(=O)OC(C)(C)C)c2ccc(C(O)c3cn([Si](C(C)C)(C(C)C)C(C)C)c4ncccc34)cn2)c1F.CCCS(=O)(=O)Nc1ccc(F)c(CN(C(=O)OC(C)(C)C)c2ccc(C=O)cn2)c1F.CCCS(=O)(=O)Nc1ccc(F)c(CNc2ccc(Cc3c[nH]c4ncccc34)cn2)c1F. The summed E-state index contributed by atoms with van der Waals surface area (Å²) >= 11 is 2.45. The number of amides is 2. The lowest BCUT2D eigenvalue weighted by Crippen LogP contribution is -2.51. The number of carbonyl (C=O) groups excluding carboxylic acids is 3. The largest absolute Gasteiger partial charge is 0.443 e. The van der Waals surface area contributed by atoms with Gasteiger partial charge < -0.3 is 33.3 Å². The molecule has 0 aliphatic heterocycles. The van der Waals surface area contributed by atoms with Crippen molar-refractivity contribution in [2.45, 2.75) is 241 Å². The van der Waals surface area contributed by atoms with Crippen LogP contribution in [0, 0.1) is 38.5 Å². The molecule has 0 fully saturated rings. The number of ether oxygens (including phenoxy) is 2. The Bertz CT molecular complexity index is 6480. The molecule has 1 unspecified atom stereocenters. The number of pyridine rings is 6. The molecule has 12 aromatic rings. The number of sulfonamides is 3. The first-order chi connectivity index (χ1) is 63.8. The number of aliphatic hydroxyl groups is 1. The summed E-state index contributed by atoms with van der Waals surface area (Å²) in [5.74, 6) is -6.24. The second-order valence-electron chi connectivity index (χ2n) is 37.0. The molecule has 2 amide bonds. The highest BCUT2D eigenvalue weighted by Gasteiger charge is 2.48. The molecule has 0 aliphatic rings. The maximum Gasteiger partial charge on any atom is 0.416 e. The highest BCUT2D eigenvalue weighted by molar-refractivity contribution is 14.1. The highest BCUT2D eigenvalue weighted by atomic mass is 127. The Morgan fingerprint density at radius 2 is 0.919 bits per heavy atom. The third-order valence-electron chi connectivity index (χ3n) is 23.2. The molecule has 39 heteroatoms. The Labute approximate surface area is 809 Å². The Morgan fingerprint density at radius 1 is 0.507 bits per heavy atom. The molecule has 1 atom stereocenters. The third-order valence-corrected chi connectivity index (χ3v) is 41.9. The Hall–Kier alpha value is -10.9. The number of aromatic amines is 1. The van der Waals surface area contributed by atoms with E-state index < -0.39 is 147 Å². The summed E-state index contributed by atoms with van der Waals surface area (Å²) in [6.45, 7) is 41.3. The van der Waals surface area contributed by atoms with Crippen molar-refractivity contribution in [2.24, 2.45) is 0 Å². The maximum atomic E-state index is 15.7. The van der Waals surface area contributed by atoms with Gasteiger partial charge in [0.05, 0.1) is 47.4 Å². The quantitative estimate of drug-likeness (QED) is 0.00944. The first-order valence-electron chi connectivity index (χ1n) is 45.0. The van der Waals surface area contributed by atoms with Gasteiger partial charge >= 0.3 is 12.2 Å². The predicted octanol–water partition coefficient (Wildman–Crippen LogP) is 23.4. The minimum absolute atomic E-state index is 0.00547. The number of aromatic nitrogens is 9. The lowest BCUT2D eigenvalue weighted by Gasteiger charge is -2.44. The predicted molar refractivity (Wildman–Crippen MR) is 540 cm³/mol. The second-order valence-corrected chi connectivity index (χ2v) is 55.2. The molecule has 0 radical (unpaired) electrons. The van der Waals surface area contributed by atoms with E-state index in [0.29, 0.717) is 82.2 Å². The molecule has 0 saturated heterocycles. The average molecular weight is 2090 g/mol. The van der Waals surface area contributed by atoms with E-state index in [9.17, 15) is 57.9 Å². The van der Waals surface area contributed by atoms with Crippen molar-refractivity contribution in [1.82, 2.24) is 43.4 Å². The number of aldehydes is 1. The van der Waals surface area contributed by atoms with Gasteiger partial charge in [0.1, 0.15) is 69.2 Å². The van der Waals surface area contributed by atoms with E-state index in [4.69, 9.17) is 19.4 Å². The number of halogens is 7. The van der Waals surface area contributed by atoms with Crippen LogP contribution in [0.25, 0.3) is 33.1 Å². The van der Waals surface area contributed by atoms with Crippen LogP contribution < -0.4 is 29.3 Å². The fourth-order valence-corrected chi connectivity index (χ4v) is 35.2. The first-order valence-corrected chi connectivity index (χ1v) is 55.4. The summed E-state index contributed by atoms with van der Waals surface area (Å²) in [7, 11) is -15.4. The molecule has 27 nitrogen and oxygen atoms in total. The molecular formula is C97H124F6IN15O12S3Si2. The number of rotatable bonds is 34. The van der Waals surface area contributed by atoms with E-state index in [2.05, 4.69) is 171 Å².